The van der Waals surface area contributed by atoms with E-state index < -0.39 is 15.9 Å². The van der Waals surface area contributed by atoms with Gasteiger partial charge < -0.3 is 5.32 Å². The number of amides is 1. The molecule has 0 aliphatic carbocycles. The molecule has 0 aromatic heterocycles. The van der Waals surface area contributed by atoms with Crippen molar-refractivity contribution in [1.82, 2.24) is 0 Å². The quantitative estimate of drug-likeness (QED) is 0.876. The first kappa shape index (κ1) is 16.6. The number of hydrogen-bond acceptors (Lipinski definition) is 3. The van der Waals surface area contributed by atoms with Crippen LogP contribution in [-0.2, 0) is 10.0 Å². The Morgan fingerprint density at radius 3 is 2.27 bits per heavy atom. The van der Waals surface area contributed by atoms with Crippen LogP contribution in [-0.4, -0.2) is 20.6 Å². The second kappa shape index (κ2) is 6.56. The highest BCUT2D eigenvalue weighted by atomic mass is 35.5. The molecule has 0 saturated carbocycles. The Hall–Kier alpha value is -1.76. The lowest BCUT2D eigenvalue weighted by molar-refractivity contribution is 0.102. The van der Waals surface area contributed by atoms with E-state index in [1.165, 1.54) is 18.2 Å². The molecule has 2 aromatic carbocycles. The Labute approximate surface area is 138 Å². The lowest BCUT2D eigenvalue weighted by Crippen LogP contribution is -2.14. The summed E-state index contributed by atoms with van der Waals surface area (Å²) in [5, 5.41) is 3.24. The van der Waals surface area contributed by atoms with Crippen molar-refractivity contribution >= 4 is 50.5 Å². The Bertz CT molecular complexity index is 823. The molecule has 0 atom stereocenters. The second-order valence-electron chi connectivity index (χ2n) is 4.50. The van der Waals surface area contributed by atoms with E-state index in [0.29, 0.717) is 10.7 Å². The molecule has 2 rings (SSSR count). The molecule has 2 N–H and O–H groups in total. The molecule has 0 fully saturated rings. The summed E-state index contributed by atoms with van der Waals surface area (Å²) in [6, 6.07) is 11.1. The summed E-state index contributed by atoms with van der Waals surface area (Å²) in [6.45, 7) is 0. The topological polar surface area (TPSA) is 75.3 Å². The third kappa shape index (κ3) is 4.37. The largest absolute Gasteiger partial charge is 0.321 e. The second-order valence-corrected chi connectivity index (χ2v) is 7.07. The lowest BCUT2D eigenvalue weighted by Gasteiger charge is -2.10. The lowest BCUT2D eigenvalue weighted by atomic mass is 10.2. The molecule has 0 spiro atoms. The van der Waals surface area contributed by atoms with E-state index in [0.717, 1.165) is 6.26 Å². The van der Waals surface area contributed by atoms with Gasteiger partial charge in [-0.2, -0.15) is 0 Å². The van der Waals surface area contributed by atoms with Gasteiger partial charge in [-0.1, -0.05) is 35.3 Å². The van der Waals surface area contributed by atoms with Crippen molar-refractivity contribution in [2.24, 2.45) is 0 Å². The van der Waals surface area contributed by atoms with Crippen molar-refractivity contribution in [1.29, 1.82) is 0 Å². The fraction of sp³-hybridized carbons (Fsp3) is 0.0714. The summed E-state index contributed by atoms with van der Waals surface area (Å²) in [5.41, 5.74) is 0.841. The minimum atomic E-state index is -3.49. The summed E-state index contributed by atoms with van der Waals surface area (Å²) in [7, 11) is -3.49. The van der Waals surface area contributed by atoms with Crippen LogP contribution in [0.25, 0.3) is 0 Å². The predicted molar refractivity (Wildman–Crippen MR) is 89.3 cm³/mol. The summed E-state index contributed by atoms with van der Waals surface area (Å²) in [5.74, 6) is -0.429. The molecule has 0 unspecified atom stereocenters. The first-order chi connectivity index (χ1) is 10.3. The van der Waals surface area contributed by atoms with Gasteiger partial charge in [0.1, 0.15) is 0 Å². The Kier molecular flexibility index (Phi) is 4.95. The van der Waals surface area contributed by atoms with Crippen LogP contribution in [0.2, 0.25) is 10.0 Å². The summed E-state index contributed by atoms with van der Waals surface area (Å²) in [4.78, 5) is 12.2. The number of hydrogen-bond donors (Lipinski definition) is 2. The van der Waals surface area contributed by atoms with Gasteiger partial charge in [0.2, 0.25) is 10.0 Å². The number of anilines is 2. The van der Waals surface area contributed by atoms with Gasteiger partial charge in [0.25, 0.3) is 5.91 Å². The maximum atomic E-state index is 12.2. The normalized spacial score (nSPS) is 11.0. The fourth-order valence-electron chi connectivity index (χ4n) is 1.70. The molecule has 22 heavy (non-hydrogen) atoms. The maximum absolute atomic E-state index is 12.2. The predicted octanol–water partition coefficient (Wildman–Crippen LogP) is 3.62. The van der Waals surface area contributed by atoms with Gasteiger partial charge in [0.05, 0.1) is 27.7 Å². The highest BCUT2D eigenvalue weighted by Crippen LogP contribution is 2.25. The van der Waals surface area contributed by atoms with E-state index in [-0.39, 0.29) is 16.3 Å². The molecule has 2 aromatic rings. The van der Waals surface area contributed by atoms with E-state index in [1.807, 2.05) is 0 Å². The number of carbonyl (C=O) groups is 1. The minimum Gasteiger partial charge on any atom is -0.321 e. The third-order valence-electron chi connectivity index (χ3n) is 2.65. The maximum Gasteiger partial charge on any atom is 0.255 e. The van der Waals surface area contributed by atoms with Crippen molar-refractivity contribution in [3.63, 3.8) is 0 Å². The van der Waals surface area contributed by atoms with Gasteiger partial charge in [0, 0.05) is 5.56 Å². The van der Waals surface area contributed by atoms with Gasteiger partial charge in [-0.25, -0.2) is 8.42 Å². The number of nitrogens with one attached hydrogen (secondary N) is 2. The first-order valence-electron chi connectivity index (χ1n) is 6.09. The highest BCUT2D eigenvalue weighted by molar-refractivity contribution is 7.92. The van der Waals surface area contributed by atoms with Gasteiger partial charge in [-0.3, -0.25) is 9.52 Å². The van der Waals surface area contributed by atoms with Crippen LogP contribution >= 0.6 is 23.2 Å². The van der Waals surface area contributed by atoms with Crippen molar-refractivity contribution < 1.29 is 13.2 Å². The zero-order chi connectivity index (χ0) is 16.3. The molecular weight excluding hydrogens is 347 g/mol. The monoisotopic (exact) mass is 358 g/mol. The molecular formula is C14H12Cl2N2O3S. The van der Waals surface area contributed by atoms with E-state index in [1.54, 1.807) is 24.3 Å². The average Bonchev–Trinajstić information content (AvgIpc) is 2.42. The molecule has 0 aliphatic heterocycles. The zero-order valence-electron chi connectivity index (χ0n) is 11.4. The van der Waals surface area contributed by atoms with Crippen LogP contribution in [0.1, 0.15) is 10.4 Å². The van der Waals surface area contributed by atoms with Gasteiger partial charge >= 0.3 is 0 Å². The van der Waals surface area contributed by atoms with Crippen molar-refractivity contribution in [2.45, 2.75) is 0 Å². The molecule has 0 bridgehead atoms. The van der Waals surface area contributed by atoms with Gasteiger partial charge in [-0.15, -0.1) is 0 Å². The van der Waals surface area contributed by atoms with Crippen LogP contribution in [0.4, 0.5) is 11.4 Å². The molecule has 1 amide bonds. The summed E-state index contributed by atoms with van der Waals surface area (Å²) >= 11 is 11.9. The van der Waals surface area contributed by atoms with Crippen LogP contribution < -0.4 is 10.0 Å². The molecule has 0 radical (unpaired) electrons. The molecule has 0 saturated heterocycles. The third-order valence-corrected chi connectivity index (χ3v) is 3.90. The molecule has 0 heterocycles. The molecule has 116 valence electrons. The Balaban J connectivity index is 2.27. The van der Waals surface area contributed by atoms with Crippen molar-refractivity contribution in [3.05, 3.63) is 58.1 Å². The fourth-order valence-corrected chi connectivity index (χ4v) is 2.67. The summed E-state index contributed by atoms with van der Waals surface area (Å²) < 4.78 is 24.8. The standard InChI is InChI=1S/C14H12Cl2N2O3S/c1-22(20,21)18-13-8-9(6-7-11(13)16)14(19)17-12-5-3-2-4-10(12)15/h2-8,18H,1H3,(H,17,19). The average molecular weight is 359 g/mol. The van der Waals surface area contributed by atoms with Crippen LogP contribution in [0.3, 0.4) is 0 Å². The van der Waals surface area contributed by atoms with E-state index in [2.05, 4.69) is 10.0 Å². The Morgan fingerprint density at radius 1 is 1.00 bits per heavy atom. The number of para-hydroxylation sites is 1. The number of halogens is 2. The van der Waals surface area contributed by atoms with Gasteiger partial charge in [-0.05, 0) is 30.3 Å². The number of sulfonamides is 1. The smallest absolute Gasteiger partial charge is 0.255 e. The highest BCUT2D eigenvalue weighted by Gasteiger charge is 2.12. The number of benzene rings is 2. The molecule has 5 nitrogen and oxygen atoms in total. The van der Waals surface area contributed by atoms with Crippen molar-refractivity contribution in [3.8, 4) is 0 Å². The van der Waals surface area contributed by atoms with E-state index in [4.69, 9.17) is 23.2 Å². The van der Waals surface area contributed by atoms with Crippen LogP contribution in [0, 0.1) is 0 Å². The zero-order valence-corrected chi connectivity index (χ0v) is 13.8. The van der Waals surface area contributed by atoms with E-state index in [9.17, 15) is 13.2 Å². The van der Waals surface area contributed by atoms with Crippen molar-refractivity contribution in [2.75, 3.05) is 16.3 Å². The molecule has 0 aliphatic rings. The summed E-state index contributed by atoms with van der Waals surface area (Å²) in [6.07, 6.45) is 1.000. The molecule has 8 heteroatoms. The van der Waals surface area contributed by atoms with Gasteiger partial charge in [0.15, 0.2) is 0 Å². The Morgan fingerprint density at radius 2 is 1.64 bits per heavy atom. The minimum absolute atomic E-state index is 0.135. The first-order valence-corrected chi connectivity index (χ1v) is 8.74. The SMILES string of the molecule is CS(=O)(=O)Nc1cc(C(=O)Nc2ccccc2Cl)ccc1Cl. The van der Waals surface area contributed by atoms with Crippen LogP contribution in [0.15, 0.2) is 42.5 Å². The van der Waals surface area contributed by atoms with Crippen LogP contribution in [0.5, 0.6) is 0 Å². The number of rotatable bonds is 4. The van der Waals surface area contributed by atoms with E-state index >= 15 is 0 Å². The number of carbonyl (C=O) groups excluding carboxylic acids is 1.